The average Bonchev–Trinajstić information content (AvgIpc) is 2.38. The summed E-state index contributed by atoms with van der Waals surface area (Å²) in [7, 11) is 2.18. The summed E-state index contributed by atoms with van der Waals surface area (Å²) >= 11 is 6.05. The zero-order valence-corrected chi connectivity index (χ0v) is 12.5. The molecular weight excluding hydrogens is 260 g/mol. The number of hydrogen-bond acceptors (Lipinski definition) is 4. The molecule has 4 nitrogen and oxygen atoms in total. The van der Waals surface area contributed by atoms with Crippen molar-refractivity contribution in [1.82, 2.24) is 9.80 Å². The molecule has 0 aromatic heterocycles. The summed E-state index contributed by atoms with van der Waals surface area (Å²) in [6.07, 6.45) is 0. The number of piperazine rings is 1. The Morgan fingerprint density at radius 1 is 1.26 bits per heavy atom. The van der Waals surface area contributed by atoms with Gasteiger partial charge in [0.25, 0.3) is 0 Å². The van der Waals surface area contributed by atoms with Crippen LogP contribution >= 0.6 is 11.6 Å². The molecule has 0 atom stereocenters. The van der Waals surface area contributed by atoms with Gasteiger partial charge in [0.1, 0.15) is 0 Å². The fourth-order valence-corrected chi connectivity index (χ4v) is 2.48. The lowest BCUT2D eigenvalue weighted by Crippen LogP contribution is -2.45. The molecule has 1 aliphatic rings. The van der Waals surface area contributed by atoms with Gasteiger partial charge in [-0.1, -0.05) is 11.6 Å². The number of nitrogens with one attached hydrogen (secondary N) is 1. The number of anilines is 2. The molecule has 1 aliphatic heterocycles. The van der Waals surface area contributed by atoms with Crippen LogP contribution in [0.4, 0.5) is 11.4 Å². The standard InChI is InChI=1S/C14H23ClN4/c1-11-9-13(16)12(15)10-14(11)17-3-4-19-7-5-18(2)6-8-19/h9-10,17H,3-8,16H2,1-2H3. The summed E-state index contributed by atoms with van der Waals surface area (Å²) in [5.41, 5.74) is 8.63. The number of nitrogens with zero attached hydrogens (tertiary/aromatic N) is 2. The van der Waals surface area contributed by atoms with E-state index in [2.05, 4.69) is 22.2 Å². The fourth-order valence-electron chi connectivity index (χ4n) is 2.31. The average molecular weight is 283 g/mol. The van der Waals surface area contributed by atoms with Crippen molar-refractivity contribution >= 4 is 23.0 Å². The van der Waals surface area contributed by atoms with Crippen LogP contribution in [0.25, 0.3) is 0 Å². The van der Waals surface area contributed by atoms with Gasteiger partial charge in [-0.2, -0.15) is 0 Å². The summed E-state index contributed by atoms with van der Waals surface area (Å²) in [4.78, 5) is 4.86. The lowest BCUT2D eigenvalue weighted by atomic mass is 10.2. The van der Waals surface area contributed by atoms with Crippen LogP contribution in [0.2, 0.25) is 5.02 Å². The van der Waals surface area contributed by atoms with Gasteiger partial charge in [-0.15, -0.1) is 0 Å². The molecule has 1 fully saturated rings. The van der Waals surface area contributed by atoms with Crippen molar-refractivity contribution in [1.29, 1.82) is 0 Å². The van der Waals surface area contributed by atoms with Crippen molar-refractivity contribution in [3.05, 3.63) is 22.7 Å². The Kier molecular flexibility index (Phi) is 4.91. The molecular formula is C14H23ClN4. The molecule has 0 radical (unpaired) electrons. The molecule has 0 spiro atoms. The predicted molar refractivity (Wildman–Crippen MR) is 83.0 cm³/mol. The molecule has 1 heterocycles. The minimum Gasteiger partial charge on any atom is -0.398 e. The van der Waals surface area contributed by atoms with Crippen LogP contribution < -0.4 is 11.1 Å². The lowest BCUT2D eigenvalue weighted by Gasteiger charge is -2.32. The van der Waals surface area contributed by atoms with Gasteiger partial charge in [0.15, 0.2) is 0 Å². The van der Waals surface area contributed by atoms with E-state index in [0.717, 1.165) is 50.5 Å². The number of likely N-dealkylation sites (N-methyl/N-ethyl adjacent to an activating group) is 1. The molecule has 106 valence electrons. The van der Waals surface area contributed by atoms with Crippen molar-refractivity contribution in [3.8, 4) is 0 Å². The first-order valence-corrected chi connectivity index (χ1v) is 7.14. The van der Waals surface area contributed by atoms with Crippen molar-refractivity contribution in [3.63, 3.8) is 0 Å². The van der Waals surface area contributed by atoms with Gasteiger partial charge < -0.3 is 16.0 Å². The van der Waals surface area contributed by atoms with Crippen LogP contribution in [-0.4, -0.2) is 56.1 Å². The highest BCUT2D eigenvalue weighted by Crippen LogP contribution is 2.26. The maximum absolute atomic E-state index is 6.05. The van der Waals surface area contributed by atoms with E-state index >= 15 is 0 Å². The van der Waals surface area contributed by atoms with E-state index in [4.69, 9.17) is 17.3 Å². The highest BCUT2D eigenvalue weighted by molar-refractivity contribution is 6.33. The number of halogens is 1. The maximum Gasteiger partial charge on any atom is 0.0656 e. The Labute approximate surface area is 120 Å². The summed E-state index contributed by atoms with van der Waals surface area (Å²) in [6.45, 7) is 8.67. The summed E-state index contributed by atoms with van der Waals surface area (Å²) in [5.74, 6) is 0. The normalized spacial score (nSPS) is 17.6. The second kappa shape index (κ2) is 6.46. The van der Waals surface area contributed by atoms with Crippen LogP contribution in [-0.2, 0) is 0 Å². The quantitative estimate of drug-likeness (QED) is 0.828. The van der Waals surface area contributed by atoms with Crippen LogP contribution in [0.15, 0.2) is 12.1 Å². The topological polar surface area (TPSA) is 44.5 Å². The smallest absolute Gasteiger partial charge is 0.0656 e. The summed E-state index contributed by atoms with van der Waals surface area (Å²) in [6, 6.07) is 3.83. The highest BCUT2D eigenvalue weighted by atomic mass is 35.5. The second-order valence-electron chi connectivity index (χ2n) is 5.26. The maximum atomic E-state index is 6.05. The molecule has 2 rings (SSSR count). The number of nitrogens with two attached hydrogens (primary N) is 1. The van der Waals surface area contributed by atoms with Crippen LogP contribution in [0.3, 0.4) is 0 Å². The Balaban J connectivity index is 1.81. The molecule has 0 saturated carbocycles. The van der Waals surface area contributed by atoms with Gasteiger partial charge in [-0.3, -0.25) is 4.90 Å². The van der Waals surface area contributed by atoms with E-state index in [0.29, 0.717) is 10.7 Å². The molecule has 0 unspecified atom stereocenters. The van der Waals surface area contributed by atoms with E-state index in [-0.39, 0.29) is 0 Å². The zero-order chi connectivity index (χ0) is 13.8. The first-order valence-electron chi connectivity index (χ1n) is 6.76. The third-order valence-corrected chi connectivity index (χ3v) is 4.01. The zero-order valence-electron chi connectivity index (χ0n) is 11.7. The predicted octanol–water partition coefficient (Wildman–Crippen LogP) is 1.89. The van der Waals surface area contributed by atoms with Crippen molar-refractivity contribution in [2.75, 3.05) is 57.4 Å². The number of benzene rings is 1. The second-order valence-corrected chi connectivity index (χ2v) is 5.67. The Morgan fingerprint density at radius 2 is 1.95 bits per heavy atom. The summed E-state index contributed by atoms with van der Waals surface area (Å²) in [5, 5.41) is 4.06. The van der Waals surface area contributed by atoms with Gasteiger partial charge in [0.2, 0.25) is 0 Å². The Bertz CT molecular complexity index is 428. The molecule has 1 saturated heterocycles. The molecule has 0 aliphatic carbocycles. The van der Waals surface area contributed by atoms with Crippen molar-refractivity contribution < 1.29 is 0 Å². The van der Waals surface area contributed by atoms with Gasteiger partial charge >= 0.3 is 0 Å². The largest absolute Gasteiger partial charge is 0.398 e. The van der Waals surface area contributed by atoms with Crippen LogP contribution in [0.5, 0.6) is 0 Å². The molecule has 1 aromatic carbocycles. The lowest BCUT2D eigenvalue weighted by molar-refractivity contribution is 0.158. The molecule has 5 heteroatoms. The Morgan fingerprint density at radius 3 is 2.63 bits per heavy atom. The number of hydrogen-bond donors (Lipinski definition) is 2. The number of aryl methyl sites for hydroxylation is 1. The molecule has 0 bridgehead atoms. The van der Waals surface area contributed by atoms with Crippen molar-refractivity contribution in [2.24, 2.45) is 0 Å². The minimum atomic E-state index is 0.618. The molecule has 19 heavy (non-hydrogen) atoms. The third-order valence-electron chi connectivity index (χ3n) is 3.68. The van der Waals surface area contributed by atoms with Gasteiger partial charge in [-0.05, 0) is 31.7 Å². The van der Waals surface area contributed by atoms with Crippen LogP contribution in [0, 0.1) is 6.92 Å². The minimum absolute atomic E-state index is 0.618. The summed E-state index contributed by atoms with van der Waals surface area (Å²) < 4.78 is 0. The van der Waals surface area contributed by atoms with Crippen LogP contribution in [0.1, 0.15) is 5.56 Å². The molecule has 3 N–H and O–H groups in total. The number of nitrogen functional groups attached to an aromatic ring is 1. The molecule has 0 amide bonds. The van der Waals surface area contributed by atoms with E-state index in [1.807, 2.05) is 19.1 Å². The van der Waals surface area contributed by atoms with E-state index in [1.54, 1.807) is 0 Å². The Hall–Kier alpha value is -0.970. The SMILES string of the molecule is Cc1cc(N)c(Cl)cc1NCCN1CCN(C)CC1. The van der Waals surface area contributed by atoms with Gasteiger partial charge in [-0.25, -0.2) is 0 Å². The van der Waals surface area contributed by atoms with Gasteiger partial charge in [0, 0.05) is 45.0 Å². The number of rotatable bonds is 4. The highest BCUT2D eigenvalue weighted by Gasteiger charge is 2.13. The fraction of sp³-hybridized carbons (Fsp3) is 0.571. The first-order chi connectivity index (χ1) is 9.06. The molecule has 1 aromatic rings. The monoisotopic (exact) mass is 282 g/mol. The first kappa shape index (κ1) is 14.4. The van der Waals surface area contributed by atoms with E-state index < -0.39 is 0 Å². The van der Waals surface area contributed by atoms with E-state index in [1.165, 1.54) is 0 Å². The van der Waals surface area contributed by atoms with Crippen molar-refractivity contribution in [2.45, 2.75) is 6.92 Å². The third kappa shape index (κ3) is 4.00. The van der Waals surface area contributed by atoms with E-state index in [9.17, 15) is 0 Å². The van der Waals surface area contributed by atoms with Gasteiger partial charge in [0.05, 0.1) is 10.7 Å².